The molecule has 0 saturated heterocycles. The largest absolute Gasteiger partial charge is 0.325 e. The average molecular weight is 420 g/mol. The molecule has 0 spiro atoms. The van der Waals surface area contributed by atoms with Gasteiger partial charge in [0.15, 0.2) is 0 Å². The second-order valence-corrected chi connectivity index (χ2v) is 7.84. The van der Waals surface area contributed by atoms with Gasteiger partial charge in [0.1, 0.15) is 0 Å². The van der Waals surface area contributed by atoms with Crippen LogP contribution in [0, 0.1) is 6.92 Å². The van der Waals surface area contributed by atoms with Gasteiger partial charge in [0.05, 0.1) is 23.7 Å². The molecule has 0 aliphatic heterocycles. The van der Waals surface area contributed by atoms with Crippen molar-refractivity contribution in [2.75, 3.05) is 21.8 Å². The molecule has 0 radical (unpaired) electrons. The minimum absolute atomic E-state index is 0.123. The number of rotatable bonds is 9. The number of carbonyl (C=O) groups excluding carboxylic acids is 2. The van der Waals surface area contributed by atoms with Crippen LogP contribution >= 0.6 is 11.8 Å². The Hall–Kier alpha value is -3.25. The molecule has 0 aliphatic carbocycles. The summed E-state index contributed by atoms with van der Waals surface area (Å²) in [5, 5.41) is 4.68. The molecule has 30 heavy (non-hydrogen) atoms. The summed E-state index contributed by atoms with van der Waals surface area (Å²) in [5.41, 5.74) is 6.79. The molecule has 0 atom stereocenters. The van der Waals surface area contributed by atoms with Gasteiger partial charge in [0, 0.05) is 5.69 Å². The Morgan fingerprint density at radius 2 is 1.50 bits per heavy atom. The second-order valence-electron chi connectivity index (χ2n) is 6.85. The number of nitrogens with one attached hydrogen (secondary N) is 2. The van der Waals surface area contributed by atoms with Gasteiger partial charge < -0.3 is 5.32 Å². The minimum atomic E-state index is -0.150. The van der Waals surface area contributed by atoms with Crippen LogP contribution in [-0.2, 0) is 16.1 Å². The van der Waals surface area contributed by atoms with Crippen molar-refractivity contribution in [2.24, 2.45) is 0 Å². The van der Waals surface area contributed by atoms with Crippen LogP contribution in [0.2, 0.25) is 0 Å². The Kier molecular flexibility index (Phi) is 7.92. The average Bonchev–Trinajstić information content (AvgIpc) is 2.75. The van der Waals surface area contributed by atoms with Crippen LogP contribution in [0.5, 0.6) is 0 Å². The Balaban J connectivity index is 1.51. The number of thioether (sulfide) groups is 1. The lowest BCUT2D eigenvalue weighted by Gasteiger charge is -2.25. The maximum atomic E-state index is 12.5. The zero-order chi connectivity index (χ0) is 21.2. The van der Waals surface area contributed by atoms with Gasteiger partial charge in [-0.25, -0.2) is 0 Å². The van der Waals surface area contributed by atoms with Gasteiger partial charge in [-0.1, -0.05) is 60.7 Å². The van der Waals surface area contributed by atoms with E-state index in [9.17, 15) is 9.59 Å². The highest BCUT2D eigenvalue weighted by molar-refractivity contribution is 8.00. The molecule has 154 valence electrons. The number of carbonyl (C=O) groups is 2. The van der Waals surface area contributed by atoms with Crippen LogP contribution in [0.4, 0.5) is 11.4 Å². The Morgan fingerprint density at radius 1 is 0.833 bits per heavy atom. The van der Waals surface area contributed by atoms with Gasteiger partial charge in [0.2, 0.25) is 11.8 Å². The predicted molar refractivity (Wildman–Crippen MR) is 124 cm³/mol. The number of para-hydroxylation sites is 1. The van der Waals surface area contributed by atoms with Gasteiger partial charge in [-0.15, -0.1) is 11.8 Å². The van der Waals surface area contributed by atoms with Crippen LogP contribution in [0.3, 0.4) is 0 Å². The van der Waals surface area contributed by atoms with E-state index in [-0.39, 0.29) is 23.3 Å². The first kappa shape index (κ1) is 21.5. The molecule has 3 aromatic rings. The number of hydrazine groups is 1. The summed E-state index contributed by atoms with van der Waals surface area (Å²) in [5.74, 6) is 0.135. The van der Waals surface area contributed by atoms with E-state index in [4.69, 9.17) is 0 Å². The molecule has 0 fully saturated rings. The number of hydrogen-bond acceptors (Lipinski definition) is 4. The van der Waals surface area contributed by atoms with Crippen LogP contribution in [0.25, 0.3) is 0 Å². The SMILES string of the molecule is Cc1cccc(NC(=O)CSCC(=O)NN(Cc2ccccc2)c2ccccc2)c1. The molecule has 0 heterocycles. The van der Waals surface area contributed by atoms with E-state index in [2.05, 4.69) is 10.7 Å². The Morgan fingerprint density at radius 3 is 2.20 bits per heavy atom. The quantitative estimate of drug-likeness (QED) is 0.505. The lowest BCUT2D eigenvalue weighted by molar-refractivity contribution is -0.118. The topological polar surface area (TPSA) is 61.4 Å². The number of hydrogen-bond donors (Lipinski definition) is 2. The second kappa shape index (κ2) is 11.1. The smallest absolute Gasteiger partial charge is 0.248 e. The number of nitrogens with zero attached hydrogens (tertiary/aromatic N) is 1. The highest BCUT2D eigenvalue weighted by Crippen LogP contribution is 2.15. The van der Waals surface area contributed by atoms with Crippen molar-refractivity contribution >= 4 is 35.0 Å². The molecule has 0 bridgehead atoms. The number of amides is 2. The van der Waals surface area contributed by atoms with E-state index in [0.717, 1.165) is 22.5 Å². The molecule has 0 aromatic heterocycles. The summed E-state index contributed by atoms with van der Waals surface area (Å²) >= 11 is 1.29. The molecular formula is C24H25N3O2S. The normalized spacial score (nSPS) is 10.3. The van der Waals surface area contributed by atoms with Gasteiger partial charge in [0.25, 0.3) is 0 Å². The molecule has 5 nitrogen and oxygen atoms in total. The molecule has 3 aromatic carbocycles. The van der Waals surface area contributed by atoms with E-state index in [1.165, 1.54) is 11.8 Å². The number of benzene rings is 3. The van der Waals surface area contributed by atoms with Crippen molar-refractivity contribution in [1.82, 2.24) is 5.43 Å². The zero-order valence-corrected chi connectivity index (χ0v) is 17.7. The summed E-state index contributed by atoms with van der Waals surface area (Å²) in [4.78, 5) is 24.6. The third-order valence-corrected chi connectivity index (χ3v) is 5.21. The summed E-state index contributed by atoms with van der Waals surface area (Å²) in [6.45, 7) is 2.53. The van der Waals surface area contributed by atoms with Gasteiger partial charge in [-0.3, -0.25) is 20.0 Å². The van der Waals surface area contributed by atoms with Crippen molar-refractivity contribution < 1.29 is 9.59 Å². The highest BCUT2D eigenvalue weighted by atomic mass is 32.2. The maximum Gasteiger partial charge on any atom is 0.248 e. The molecule has 2 amide bonds. The lowest BCUT2D eigenvalue weighted by Crippen LogP contribution is -2.43. The van der Waals surface area contributed by atoms with Crippen LogP contribution in [0.15, 0.2) is 84.9 Å². The summed E-state index contributed by atoms with van der Waals surface area (Å²) < 4.78 is 0. The van der Waals surface area contributed by atoms with Crippen molar-refractivity contribution in [1.29, 1.82) is 0 Å². The molecule has 0 unspecified atom stereocenters. The zero-order valence-electron chi connectivity index (χ0n) is 16.9. The predicted octanol–water partition coefficient (Wildman–Crippen LogP) is 4.40. The number of anilines is 2. The molecule has 2 N–H and O–H groups in total. The first-order valence-electron chi connectivity index (χ1n) is 9.70. The van der Waals surface area contributed by atoms with Crippen molar-refractivity contribution in [3.05, 3.63) is 96.1 Å². The van der Waals surface area contributed by atoms with Crippen molar-refractivity contribution in [2.45, 2.75) is 13.5 Å². The first-order valence-corrected chi connectivity index (χ1v) is 10.9. The van der Waals surface area contributed by atoms with Gasteiger partial charge in [-0.2, -0.15) is 0 Å². The Bertz CT molecular complexity index is 964. The van der Waals surface area contributed by atoms with E-state index in [1.807, 2.05) is 96.9 Å². The number of aryl methyl sites for hydroxylation is 1. The summed E-state index contributed by atoms with van der Waals surface area (Å²) in [6.07, 6.45) is 0. The monoisotopic (exact) mass is 419 g/mol. The fourth-order valence-corrected chi connectivity index (χ4v) is 3.52. The standard InChI is InChI=1S/C24H25N3O2S/c1-19-9-8-12-21(15-19)25-23(28)17-30-18-24(29)26-27(22-13-6-3-7-14-22)16-20-10-4-2-5-11-20/h2-15H,16-18H2,1H3,(H,25,28)(H,26,29). The molecule has 6 heteroatoms. The molecule has 0 aliphatic rings. The van der Waals surface area contributed by atoms with Gasteiger partial charge >= 0.3 is 0 Å². The molecule has 0 saturated carbocycles. The Labute approximate surface area is 181 Å². The van der Waals surface area contributed by atoms with E-state index in [1.54, 1.807) is 0 Å². The third kappa shape index (κ3) is 6.97. The van der Waals surface area contributed by atoms with Gasteiger partial charge in [-0.05, 0) is 42.3 Å². The highest BCUT2D eigenvalue weighted by Gasteiger charge is 2.12. The third-order valence-electron chi connectivity index (χ3n) is 4.28. The first-order chi connectivity index (χ1) is 14.6. The lowest BCUT2D eigenvalue weighted by atomic mass is 10.2. The molecule has 3 rings (SSSR count). The molecular weight excluding hydrogens is 394 g/mol. The van der Waals surface area contributed by atoms with Crippen molar-refractivity contribution in [3.8, 4) is 0 Å². The van der Waals surface area contributed by atoms with E-state index < -0.39 is 0 Å². The van der Waals surface area contributed by atoms with Crippen LogP contribution in [0.1, 0.15) is 11.1 Å². The summed E-state index contributed by atoms with van der Waals surface area (Å²) in [6, 6.07) is 27.3. The maximum absolute atomic E-state index is 12.5. The fourth-order valence-electron chi connectivity index (χ4n) is 2.91. The van der Waals surface area contributed by atoms with E-state index >= 15 is 0 Å². The van der Waals surface area contributed by atoms with Crippen LogP contribution in [-0.4, -0.2) is 23.3 Å². The van der Waals surface area contributed by atoms with Crippen molar-refractivity contribution in [3.63, 3.8) is 0 Å². The van der Waals surface area contributed by atoms with Crippen LogP contribution < -0.4 is 15.8 Å². The van der Waals surface area contributed by atoms with E-state index in [0.29, 0.717) is 6.54 Å². The fraction of sp³-hybridized carbons (Fsp3) is 0.167. The summed E-state index contributed by atoms with van der Waals surface area (Å²) in [7, 11) is 0. The minimum Gasteiger partial charge on any atom is -0.325 e.